The van der Waals surface area contributed by atoms with E-state index in [2.05, 4.69) is 6.08 Å². The molecular weight excluding hydrogens is 256 g/mol. The molecule has 0 aromatic rings. The Labute approximate surface area is 132 Å². The summed E-state index contributed by atoms with van der Waals surface area (Å²) >= 11 is 0. The highest BCUT2D eigenvalue weighted by Crippen LogP contribution is 2.14. The Morgan fingerprint density at radius 2 is 0.905 bits per heavy atom. The molecule has 0 spiro atoms. The fourth-order valence-corrected chi connectivity index (χ4v) is 3.16. The lowest BCUT2D eigenvalue weighted by Gasteiger charge is -2.04. The summed E-state index contributed by atoms with van der Waals surface area (Å²) in [7, 11) is 0. The lowest BCUT2D eigenvalue weighted by Crippen LogP contribution is -1.92. The van der Waals surface area contributed by atoms with Crippen molar-refractivity contribution in [2.45, 2.75) is 109 Å². The number of hydrogen-bond donors (Lipinski definition) is 0. The summed E-state index contributed by atoms with van der Waals surface area (Å²) in [5.41, 5.74) is 0. The van der Waals surface area contributed by atoms with Gasteiger partial charge in [0, 0.05) is 6.42 Å². The number of rotatable bonds is 0. The maximum Gasteiger partial charge on any atom is 0.155 e. The molecule has 0 amide bonds. The van der Waals surface area contributed by atoms with Crippen LogP contribution in [-0.2, 0) is 4.79 Å². The van der Waals surface area contributed by atoms with Crippen LogP contribution in [0, 0.1) is 0 Å². The van der Waals surface area contributed by atoms with Crippen molar-refractivity contribution in [1.29, 1.82) is 0 Å². The van der Waals surface area contributed by atoms with Crippen molar-refractivity contribution in [2.75, 3.05) is 0 Å². The molecule has 1 aliphatic rings. The van der Waals surface area contributed by atoms with Crippen molar-refractivity contribution in [3.05, 3.63) is 12.2 Å². The van der Waals surface area contributed by atoms with E-state index in [4.69, 9.17) is 0 Å². The second-order valence-electron chi connectivity index (χ2n) is 6.71. The third kappa shape index (κ3) is 12.8. The summed E-state index contributed by atoms with van der Waals surface area (Å²) in [6.07, 6.45) is 26.2. The second-order valence-corrected chi connectivity index (χ2v) is 6.71. The van der Waals surface area contributed by atoms with Gasteiger partial charge in [-0.15, -0.1) is 0 Å². The van der Waals surface area contributed by atoms with E-state index in [1.165, 1.54) is 89.9 Å². The van der Waals surface area contributed by atoms with Crippen molar-refractivity contribution < 1.29 is 4.79 Å². The van der Waals surface area contributed by atoms with Crippen molar-refractivity contribution in [3.8, 4) is 0 Å². The summed E-state index contributed by atoms with van der Waals surface area (Å²) in [5, 5.41) is 0. The van der Waals surface area contributed by atoms with Gasteiger partial charge in [-0.25, -0.2) is 0 Å². The van der Waals surface area contributed by atoms with Gasteiger partial charge in [-0.1, -0.05) is 89.5 Å². The van der Waals surface area contributed by atoms with Crippen LogP contribution in [0.4, 0.5) is 0 Å². The van der Waals surface area contributed by atoms with Gasteiger partial charge in [0.25, 0.3) is 0 Å². The van der Waals surface area contributed by atoms with Gasteiger partial charge in [0.05, 0.1) is 0 Å². The van der Waals surface area contributed by atoms with Gasteiger partial charge in [-0.05, 0) is 25.3 Å². The minimum absolute atomic E-state index is 0.337. The predicted octanol–water partition coefficient (Wildman–Crippen LogP) is 6.76. The SMILES string of the molecule is O=C1/C=C/CCCCCCCCCCCCCCCCC1. The number of hydrogen-bond acceptors (Lipinski definition) is 1. The van der Waals surface area contributed by atoms with E-state index in [-0.39, 0.29) is 0 Å². The molecular formula is C20H36O. The lowest BCUT2D eigenvalue weighted by atomic mass is 10.0. The fraction of sp³-hybridized carbons (Fsp3) is 0.850. The van der Waals surface area contributed by atoms with Crippen LogP contribution in [0.1, 0.15) is 109 Å². The first kappa shape index (κ1) is 18.5. The zero-order chi connectivity index (χ0) is 15.0. The first-order valence-corrected chi connectivity index (χ1v) is 9.59. The molecule has 0 heterocycles. The van der Waals surface area contributed by atoms with E-state index in [1.54, 1.807) is 0 Å². The topological polar surface area (TPSA) is 17.1 Å². The Morgan fingerprint density at radius 3 is 1.38 bits per heavy atom. The van der Waals surface area contributed by atoms with Gasteiger partial charge in [0.15, 0.2) is 5.78 Å². The number of carbonyl (C=O) groups is 1. The summed E-state index contributed by atoms with van der Waals surface area (Å²) in [4.78, 5) is 11.7. The Bertz CT molecular complexity index is 267. The zero-order valence-electron chi connectivity index (χ0n) is 14.1. The first-order valence-electron chi connectivity index (χ1n) is 9.59. The Balaban J connectivity index is 2.16. The summed E-state index contributed by atoms with van der Waals surface area (Å²) in [5.74, 6) is 0.337. The minimum Gasteiger partial charge on any atom is -0.295 e. The van der Waals surface area contributed by atoms with Crippen LogP contribution < -0.4 is 0 Å². The molecule has 21 heavy (non-hydrogen) atoms. The van der Waals surface area contributed by atoms with Crippen LogP contribution in [0.2, 0.25) is 0 Å². The van der Waals surface area contributed by atoms with E-state index in [1.807, 2.05) is 6.08 Å². The minimum atomic E-state index is 0.337. The molecule has 1 heteroatoms. The third-order valence-electron chi connectivity index (χ3n) is 4.60. The average molecular weight is 293 g/mol. The molecule has 0 saturated heterocycles. The highest BCUT2D eigenvalue weighted by molar-refractivity contribution is 5.89. The molecule has 0 atom stereocenters. The fourth-order valence-electron chi connectivity index (χ4n) is 3.16. The van der Waals surface area contributed by atoms with Crippen molar-refractivity contribution in [3.63, 3.8) is 0 Å². The quantitative estimate of drug-likeness (QED) is 0.482. The summed E-state index contributed by atoms with van der Waals surface area (Å²) in [6, 6.07) is 0. The molecule has 1 nitrogen and oxygen atoms in total. The molecule has 0 aromatic heterocycles. The van der Waals surface area contributed by atoms with E-state index in [0.717, 1.165) is 19.3 Å². The molecule has 0 aliphatic heterocycles. The maximum atomic E-state index is 11.7. The van der Waals surface area contributed by atoms with Crippen LogP contribution in [-0.4, -0.2) is 5.78 Å². The van der Waals surface area contributed by atoms with Crippen molar-refractivity contribution in [1.82, 2.24) is 0 Å². The first-order chi connectivity index (χ1) is 10.4. The normalized spacial score (nSPS) is 24.3. The predicted molar refractivity (Wildman–Crippen MR) is 92.6 cm³/mol. The van der Waals surface area contributed by atoms with Crippen molar-refractivity contribution in [2.24, 2.45) is 0 Å². The highest BCUT2D eigenvalue weighted by atomic mass is 16.1. The summed E-state index contributed by atoms with van der Waals surface area (Å²) in [6.45, 7) is 0. The van der Waals surface area contributed by atoms with E-state index < -0.39 is 0 Å². The molecule has 0 bridgehead atoms. The Morgan fingerprint density at radius 1 is 0.524 bits per heavy atom. The standard InChI is InChI=1S/C20H36O/c21-20-18-16-14-12-10-8-6-4-2-1-3-5-7-9-11-13-15-17-19-20/h16,18H,1-15,17,19H2/b18-16+. The molecule has 122 valence electrons. The van der Waals surface area contributed by atoms with E-state index in [9.17, 15) is 4.79 Å². The molecule has 0 unspecified atom stereocenters. The van der Waals surface area contributed by atoms with Crippen LogP contribution in [0.5, 0.6) is 0 Å². The molecule has 0 saturated carbocycles. The summed E-state index contributed by atoms with van der Waals surface area (Å²) < 4.78 is 0. The van der Waals surface area contributed by atoms with Crippen LogP contribution in [0.25, 0.3) is 0 Å². The van der Waals surface area contributed by atoms with Gasteiger partial charge in [-0.3, -0.25) is 4.79 Å². The van der Waals surface area contributed by atoms with Gasteiger partial charge in [0.1, 0.15) is 0 Å². The second kappa shape index (κ2) is 14.4. The number of allylic oxidation sites excluding steroid dienone is 2. The van der Waals surface area contributed by atoms with Gasteiger partial charge < -0.3 is 0 Å². The van der Waals surface area contributed by atoms with E-state index in [0.29, 0.717) is 5.78 Å². The molecule has 0 radical (unpaired) electrons. The smallest absolute Gasteiger partial charge is 0.155 e. The Kier molecular flexibility index (Phi) is 12.6. The van der Waals surface area contributed by atoms with Gasteiger partial charge in [-0.2, -0.15) is 0 Å². The number of carbonyl (C=O) groups excluding carboxylic acids is 1. The molecule has 0 fully saturated rings. The van der Waals surface area contributed by atoms with Crippen molar-refractivity contribution >= 4 is 5.78 Å². The number of ketones is 1. The van der Waals surface area contributed by atoms with Crippen LogP contribution in [0.15, 0.2) is 12.2 Å². The average Bonchev–Trinajstić information content (AvgIpc) is 2.48. The largest absolute Gasteiger partial charge is 0.295 e. The molecule has 0 aromatic carbocycles. The Hall–Kier alpha value is -0.590. The van der Waals surface area contributed by atoms with Gasteiger partial charge >= 0.3 is 0 Å². The van der Waals surface area contributed by atoms with Crippen LogP contribution in [0.3, 0.4) is 0 Å². The molecule has 1 rings (SSSR count). The van der Waals surface area contributed by atoms with Crippen LogP contribution >= 0.6 is 0 Å². The van der Waals surface area contributed by atoms with E-state index >= 15 is 0 Å². The van der Waals surface area contributed by atoms with Gasteiger partial charge in [0.2, 0.25) is 0 Å². The molecule has 1 aliphatic carbocycles. The monoisotopic (exact) mass is 292 g/mol. The molecule has 0 N–H and O–H groups in total. The zero-order valence-corrected chi connectivity index (χ0v) is 14.1. The lowest BCUT2D eigenvalue weighted by molar-refractivity contribution is -0.114. The highest BCUT2D eigenvalue weighted by Gasteiger charge is 1.98. The maximum absolute atomic E-state index is 11.7. The third-order valence-corrected chi connectivity index (χ3v) is 4.60.